The van der Waals surface area contributed by atoms with Crippen molar-refractivity contribution in [2.45, 2.75) is 34.6 Å². The molecule has 0 aliphatic heterocycles. The zero-order valence-corrected chi connectivity index (χ0v) is 10.5. The van der Waals surface area contributed by atoms with E-state index in [1.165, 1.54) is 11.1 Å². The lowest BCUT2D eigenvalue weighted by atomic mass is 10.0. The van der Waals surface area contributed by atoms with Gasteiger partial charge in [0.1, 0.15) is 0 Å². The molecular weight excluding hydrogens is 182 g/mol. The summed E-state index contributed by atoms with van der Waals surface area (Å²) in [4.78, 5) is 4.30. The Morgan fingerprint density at radius 2 is 1.80 bits per heavy atom. The normalized spacial score (nSPS) is 9.67. The van der Waals surface area contributed by atoms with E-state index < -0.39 is 0 Å². The number of rotatable bonds is 2. The maximum absolute atomic E-state index is 4.30. The van der Waals surface area contributed by atoms with E-state index in [2.05, 4.69) is 37.6 Å². The lowest BCUT2D eigenvalue weighted by molar-refractivity contribution is 1.34. The third-order valence-corrected chi connectivity index (χ3v) is 1.98. The van der Waals surface area contributed by atoms with Crippen LogP contribution in [0.1, 0.15) is 37.5 Å². The van der Waals surface area contributed by atoms with Crippen LogP contribution >= 0.6 is 0 Å². The van der Waals surface area contributed by atoms with Gasteiger partial charge in [-0.05, 0) is 38.0 Å². The van der Waals surface area contributed by atoms with Crippen LogP contribution in [-0.2, 0) is 0 Å². The summed E-state index contributed by atoms with van der Waals surface area (Å²) in [5.41, 5.74) is 4.61. The molecule has 0 aromatic heterocycles. The van der Waals surface area contributed by atoms with E-state index in [-0.39, 0.29) is 0 Å². The first-order valence-corrected chi connectivity index (χ1v) is 5.41. The van der Waals surface area contributed by atoms with Crippen molar-refractivity contribution in [1.29, 1.82) is 0 Å². The standard InChI is InChI=1S/C12H15N.C2H6/c1-5-11-10(4)7-9(3)8-12(11)13-6-2;1-2/h5-8H,1H2,2-4H3;1-2H3. The van der Waals surface area contributed by atoms with Gasteiger partial charge < -0.3 is 0 Å². The Balaban J connectivity index is 0.000000921. The first kappa shape index (κ1) is 13.6. The highest BCUT2D eigenvalue weighted by atomic mass is 14.7. The van der Waals surface area contributed by atoms with Gasteiger partial charge in [0.25, 0.3) is 0 Å². The summed E-state index contributed by atoms with van der Waals surface area (Å²) in [6, 6.07) is 4.22. The minimum absolute atomic E-state index is 1.01. The molecule has 1 nitrogen and oxygen atoms in total. The number of hydrogen-bond donors (Lipinski definition) is 0. The predicted octanol–water partition coefficient (Wildman–Crippen LogP) is 4.69. The van der Waals surface area contributed by atoms with Crippen LogP contribution in [0.4, 0.5) is 5.69 Å². The molecule has 0 unspecified atom stereocenters. The summed E-state index contributed by atoms with van der Waals surface area (Å²) in [6.45, 7) is 13.9. The van der Waals surface area contributed by atoms with Gasteiger partial charge in [0, 0.05) is 11.8 Å². The van der Waals surface area contributed by atoms with Gasteiger partial charge in [0.15, 0.2) is 0 Å². The molecule has 0 aliphatic carbocycles. The molecule has 0 saturated heterocycles. The molecule has 0 aliphatic rings. The van der Waals surface area contributed by atoms with E-state index in [0.717, 1.165) is 11.3 Å². The van der Waals surface area contributed by atoms with Crippen LogP contribution in [-0.4, -0.2) is 6.21 Å². The van der Waals surface area contributed by atoms with Crippen LogP contribution in [0, 0.1) is 13.8 Å². The summed E-state index contributed by atoms with van der Waals surface area (Å²) in [5.74, 6) is 0. The molecule has 0 heterocycles. The summed E-state index contributed by atoms with van der Waals surface area (Å²) in [6.07, 6.45) is 3.66. The Labute approximate surface area is 93.6 Å². The molecule has 1 rings (SSSR count). The van der Waals surface area contributed by atoms with Gasteiger partial charge in [0.05, 0.1) is 5.69 Å². The van der Waals surface area contributed by atoms with Crippen LogP contribution in [0.2, 0.25) is 0 Å². The molecule has 0 saturated carbocycles. The maximum Gasteiger partial charge on any atom is 0.0702 e. The molecule has 0 bridgehead atoms. The van der Waals surface area contributed by atoms with Crippen LogP contribution in [0.15, 0.2) is 23.7 Å². The average Bonchev–Trinajstić information content (AvgIpc) is 2.21. The third-order valence-electron chi connectivity index (χ3n) is 1.98. The van der Waals surface area contributed by atoms with Crippen molar-refractivity contribution in [3.63, 3.8) is 0 Å². The Bertz CT molecular complexity index is 349. The van der Waals surface area contributed by atoms with Crippen molar-refractivity contribution in [2.75, 3.05) is 0 Å². The minimum atomic E-state index is 1.01. The van der Waals surface area contributed by atoms with Crippen molar-refractivity contribution in [3.8, 4) is 0 Å². The largest absolute Gasteiger partial charge is 0.261 e. The molecular formula is C14H21N. The monoisotopic (exact) mass is 203 g/mol. The third kappa shape index (κ3) is 3.70. The second kappa shape index (κ2) is 6.99. The van der Waals surface area contributed by atoms with Crippen LogP contribution < -0.4 is 0 Å². The SMILES string of the molecule is C=Cc1c(C)cc(C)cc1N=CC.CC. The molecule has 0 N–H and O–H groups in total. The average molecular weight is 203 g/mol. The number of nitrogens with zero attached hydrogens (tertiary/aromatic N) is 1. The number of benzene rings is 1. The summed E-state index contributed by atoms with van der Waals surface area (Å²) >= 11 is 0. The fourth-order valence-corrected chi connectivity index (χ4v) is 1.47. The van der Waals surface area contributed by atoms with Gasteiger partial charge in [0.2, 0.25) is 0 Å². The quantitative estimate of drug-likeness (QED) is 0.618. The Morgan fingerprint density at radius 1 is 1.20 bits per heavy atom. The second-order valence-electron chi connectivity index (χ2n) is 3.11. The first-order valence-electron chi connectivity index (χ1n) is 5.41. The zero-order valence-electron chi connectivity index (χ0n) is 10.5. The predicted molar refractivity (Wildman–Crippen MR) is 71.2 cm³/mol. The van der Waals surface area contributed by atoms with E-state index >= 15 is 0 Å². The number of aliphatic imine (C=N–C) groups is 1. The maximum atomic E-state index is 4.30. The minimum Gasteiger partial charge on any atom is -0.261 e. The lowest BCUT2D eigenvalue weighted by Crippen LogP contribution is -1.84. The smallest absolute Gasteiger partial charge is 0.0702 e. The molecule has 1 aromatic carbocycles. The van der Waals surface area contributed by atoms with Crippen molar-refractivity contribution in [1.82, 2.24) is 0 Å². The zero-order chi connectivity index (χ0) is 11.8. The van der Waals surface area contributed by atoms with Gasteiger partial charge in [-0.2, -0.15) is 0 Å². The molecule has 1 heteroatoms. The van der Waals surface area contributed by atoms with Gasteiger partial charge in [-0.25, -0.2) is 0 Å². The Morgan fingerprint density at radius 3 is 2.27 bits per heavy atom. The van der Waals surface area contributed by atoms with Crippen molar-refractivity contribution in [3.05, 3.63) is 35.4 Å². The molecule has 0 atom stereocenters. The molecule has 0 radical (unpaired) electrons. The fourth-order valence-electron chi connectivity index (χ4n) is 1.47. The van der Waals surface area contributed by atoms with Crippen molar-refractivity contribution >= 4 is 18.0 Å². The second-order valence-corrected chi connectivity index (χ2v) is 3.11. The molecule has 0 fully saturated rings. The number of hydrogen-bond acceptors (Lipinski definition) is 1. The molecule has 1 aromatic rings. The van der Waals surface area contributed by atoms with Crippen LogP contribution in [0.5, 0.6) is 0 Å². The van der Waals surface area contributed by atoms with E-state index in [1.807, 2.05) is 26.8 Å². The van der Waals surface area contributed by atoms with Crippen molar-refractivity contribution < 1.29 is 0 Å². The summed E-state index contributed by atoms with van der Waals surface area (Å²) < 4.78 is 0. The van der Waals surface area contributed by atoms with Crippen molar-refractivity contribution in [2.24, 2.45) is 4.99 Å². The van der Waals surface area contributed by atoms with E-state index in [4.69, 9.17) is 0 Å². The van der Waals surface area contributed by atoms with E-state index in [0.29, 0.717) is 0 Å². The highest BCUT2D eigenvalue weighted by Crippen LogP contribution is 2.25. The Hall–Kier alpha value is -1.37. The molecule has 82 valence electrons. The molecule has 15 heavy (non-hydrogen) atoms. The highest BCUT2D eigenvalue weighted by Gasteiger charge is 2.01. The highest BCUT2D eigenvalue weighted by molar-refractivity contribution is 5.71. The summed E-state index contributed by atoms with van der Waals surface area (Å²) in [7, 11) is 0. The lowest BCUT2D eigenvalue weighted by Gasteiger charge is -2.06. The number of aryl methyl sites for hydroxylation is 2. The summed E-state index contributed by atoms with van der Waals surface area (Å²) in [5, 5.41) is 0. The molecule has 0 spiro atoms. The van der Waals surface area contributed by atoms with Crippen LogP contribution in [0.3, 0.4) is 0 Å². The van der Waals surface area contributed by atoms with E-state index in [1.54, 1.807) is 6.21 Å². The Kier molecular flexibility index (Phi) is 6.35. The van der Waals surface area contributed by atoms with Gasteiger partial charge in [-0.15, -0.1) is 0 Å². The van der Waals surface area contributed by atoms with Gasteiger partial charge >= 0.3 is 0 Å². The van der Waals surface area contributed by atoms with Crippen LogP contribution in [0.25, 0.3) is 6.08 Å². The fraction of sp³-hybridized carbons (Fsp3) is 0.357. The molecule has 0 amide bonds. The van der Waals surface area contributed by atoms with Gasteiger partial charge in [-0.1, -0.05) is 32.6 Å². The first-order chi connectivity index (χ1) is 7.19. The van der Waals surface area contributed by atoms with E-state index in [9.17, 15) is 0 Å². The van der Waals surface area contributed by atoms with Gasteiger partial charge in [-0.3, -0.25) is 4.99 Å². The topological polar surface area (TPSA) is 12.4 Å².